The molecule has 5 rings (SSSR count). The predicted octanol–water partition coefficient (Wildman–Crippen LogP) is 2.81. The number of carbonyl (C=O) groups excluding carboxylic acids is 1. The maximum atomic E-state index is 12.4. The summed E-state index contributed by atoms with van der Waals surface area (Å²) in [6, 6.07) is 11.1. The second-order valence-electron chi connectivity index (χ2n) is 7.60. The molecule has 3 aliphatic rings. The molecular formula is C20H26N4O. The van der Waals surface area contributed by atoms with Crippen LogP contribution in [-0.2, 0) is 6.54 Å². The van der Waals surface area contributed by atoms with Crippen molar-refractivity contribution in [2.45, 2.75) is 25.4 Å². The first kappa shape index (κ1) is 16.3. The molecule has 5 heteroatoms. The van der Waals surface area contributed by atoms with Crippen LogP contribution in [0.2, 0.25) is 0 Å². The van der Waals surface area contributed by atoms with E-state index >= 15 is 0 Å². The fourth-order valence-corrected chi connectivity index (χ4v) is 4.32. The number of aromatic nitrogens is 1. The zero-order valence-electron chi connectivity index (χ0n) is 15.1. The number of rotatable bonds is 2. The monoisotopic (exact) mass is 338 g/mol. The van der Waals surface area contributed by atoms with Gasteiger partial charge in [-0.25, -0.2) is 4.79 Å². The summed E-state index contributed by atoms with van der Waals surface area (Å²) in [7, 11) is 3.69. The van der Waals surface area contributed by atoms with Gasteiger partial charge in [0.2, 0.25) is 0 Å². The summed E-state index contributed by atoms with van der Waals surface area (Å²) < 4.78 is 0. The lowest BCUT2D eigenvalue weighted by atomic mass is 9.94. The average molecular weight is 338 g/mol. The molecule has 0 aliphatic carbocycles. The predicted molar refractivity (Wildman–Crippen MR) is 99.3 cm³/mol. The van der Waals surface area contributed by atoms with Crippen molar-refractivity contribution in [1.82, 2.24) is 19.7 Å². The highest BCUT2D eigenvalue weighted by molar-refractivity contribution is 5.81. The fraction of sp³-hybridized carbons (Fsp3) is 0.500. The van der Waals surface area contributed by atoms with E-state index in [0.717, 1.165) is 31.7 Å². The Hall–Kier alpha value is -2.14. The van der Waals surface area contributed by atoms with Gasteiger partial charge in [-0.3, -0.25) is 9.88 Å². The summed E-state index contributed by atoms with van der Waals surface area (Å²) >= 11 is 0. The van der Waals surface area contributed by atoms with Gasteiger partial charge < -0.3 is 9.80 Å². The number of benzene rings is 1. The second kappa shape index (κ2) is 6.64. The van der Waals surface area contributed by atoms with Crippen molar-refractivity contribution in [2.75, 3.05) is 33.7 Å². The van der Waals surface area contributed by atoms with E-state index in [4.69, 9.17) is 0 Å². The Balaban J connectivity index is 1.56. The van der Waals surface area contributed by atoms with Gasteiger partial charge in [0.15, 0.2) is 0 Å². The Kier molecular flexibility index (Phi) is 4.34. The van der Waals surface area contributed by atoms with Crippen molar-refractivity contribution in [3.8, 4) is 0 Å². The number of carbonyl (C=O) groups is 1. The number of pyridine rings is 1. The van der Waals surface area contributed by atoms with Crippen LogP contribution in [0.5, 0.6) is 0 Å². The second-order valence-corrected chi connectivity index (χ2v) is 7.60. The number of para-hydroxylation sites is 1. The zero-order chi connectivity index (χ0) is 17.4. The summed E-state index contributed by atoms with van der Waals surface area (Å²) in [6.07, 6.45) is 4.33. The molecule has 25 heavy (non-hydrogen) atoms. The van der Waals surface area contributed by atoms with E-state index in [1.54, 1.807) is 4.90 Å². The lowest BCUT2D eigenvalue weighted by molar-refractivity contribution is 0.123. The molecule has 1 aromatic carbocycles. The van der Waals surface area contributed by atoms with Gasteiger partial charge in [-0.1, -0.05) is 18.2 Å². The highest BCUT2D eigenvalue weighted by Gasteiger charge is 2.36. The zero-order valence-corrected chi connectivity index (χ0v) is 15.1. The molecule has 0 N–H and O–H groups in total. The van der Waals surface area contributed by atoms with Crippen LogP contribution >= 0.6 is 0 Å². The number of hydrogen-bond donors (Lipinski definition) is 0. The van der Waals surface area contributed by atoms with Crippen molar-refractivity contribution in [2.24, 2.45) is 5.92 Å². The van der Waals surface area contributed by atoms with Crippen LogP contribution in [0, 0.1) is 5.92 Å². The quantitative estimate of drug-likeness (QED) is 0.845. The number of amides is 2. The lowest BCUT2D eigenvalue weighted by Gasteiger charge is -2.36. The lowest BCUT2D eigenvalue weighted by Crippen LogP contribution is -2.45. The molecule has 3 fully saturated rings. The fourth-order valence-electron chi connectivity index (χ4n) is 4.32. The first-order valence-electron chi connectivity index (χ1n) is 9.14. The first-order chi connectivity index (χ1) is 12.1. The standard InChI is InChI=1S/C20H26N4O/c1-22(2)20(25)24-12-15-7-8-17(14-24)23(11-15)13-16-9-10-21-19-6-4-3-5-18(16)19/h3-6,9-10,15,17H,7-8,11-14H2,1-2H3/t15-,17-/m0/s1. The van der Waals surface area contributed by atoms with Crippen LogP contribution in [0.15, 0.2) is 36.5 Å². The maximum absolute atomic E-state index is 12.4. The van der Waals surface area contributed by atoms with Crippen molar-refractivity contribution in [1.29, 1.82) is 0 Å². The first-order valence-corrected chi connectivity index (χ1v) is 9.14. The van der Waals surface area contributed by atoms with E-state index in [-0.39, 0.29) is 6.03 Å². The number of urea groups is 1. The molecular weight excluding hydrogens is 312 g/mol. The molecule has 3 aliphatic heterocycles. The molecule has 132 valence electrons. The van der Waals surface area contributed by atoms with E-state index in [0.29, 0.717) is 12.0 Å². The normalized spacial score (nSPS) is 23.7. The van der Waals surface area contributed by atoms with Gasteiger partial charge >= 0.3 is 6.03 Å². The molecule has 2 amide bonds. The summed E-state index contributed by atoms with van der Waals surface area (Å²) in [5.74, 6) is 0.579. The molecule has 0 spiro atoms. The van der Waals surface area contributed by atoms with Gasteiger partial charge in [0.1, 0.15) is 0 Å². The minimum absolute atomic E-state index is 0.146. The maximum Gasteiger partial charge on any atom is 0.319 e. The van der Waals surface area contributed by atoms with Crippen molar-refractivity contribution >= 4 is 16.9 Å². The summed E-state index contributed by atoms with van der Waals surface area (Å²) in [6.45, 7) is 3.75. The number of nitrogens with zero attached hydrogens (tertiary/aromatic N) is 4. The molecule has 4 heterocycles. The van der Waals surface area contributed by atoms with Gasteiger partial charge in [0.05, 0.1) is 5.52 Å². The molecule has 0 saturated carbocycles. The Morgan fingerprint density at radius 3 is 2.84 bits per heavy atom. The molecule has 0 unspecified atom stereocenters. The van der Waals surface area contributed by atoms with E-state index in [1.807, 2.05) is 31.3 Å². The third-order valence-electron chi connectivity index (χ3n) is 5.59. The summed E-state index contributed by atoms with van der Waals surface area (Å²) in [5.41, 5.74) is 2.40. The van der Waals surface area contributed by atoms with Crippen LogP contribution in [0.1, 0.15) is 18.4 Å². The largest absolute Gasteiger partial charge is 0.331 e. The number of fused-ring (bicyclic) bond motifs is 5. The topological polar surface area (TPSA) is 39.7 Å². The number of piperidine rings is 1. The highest BCUT2D eigenvalue weighted by atomic mass is 16.2. The van der Waals surface area contributed by atoms with E-state index in [9.17, 15) is 4.79 Å². The Labute approximate surface area is 149 Å². The molecule has 0 radical (unpaired) electrons. The highest BCUT2D eigenvalue weighted by Crippen LogP contribution is 2.30. The molecule has 1 aromatic heterocycles. The van der Waals surface area contributed by atoms with E-state index < -0.39 is 0 Å². The minimum atomic E-state index is 0.146. The van der Waals surface area contributed by atoms with Crippen molar-refractivity contribution in [3.63, 3.8) is 0 Å². The SMILES string of the molecule is CN(C)C(=O)N1C[C@H]2CC[C@@H](C1)N(Cc1ccnc3ccccc13)C2. The van der Waals surface area contributed by atoms with Gasteiger partial charge in [-0.2, -0.15) is 0 Å². The Morgan fingerprint density at radius 1 is 1.16 bits per heavy atom. The molecule has 2 bridgehead atoms. The van der Waals surface area contributed by atoms with Crippen molar-refractivity contribution < 1.29 is 4.79 Å². The van der Waals surface area contributed by atoms with Gasteiger partial charge in [0.25, 0.3) is 0 Å². The molecule has 5 nitrogen and oxygen atoms in total. The van der Waals surface area contributed by atoms with Crippen LogP contribution in [-0.4, -0.2) is 65.5 Å². The Morgan fingerprint density at radius 2 is 2.00 bits per heavy atom. The third-order valence-corrected chi connectivity index (χ3v) is 5.59. The molecule has 2 aromatic rings. The number of hydrogen-bond acceptors (Lipinski definition) is 3. The van der Waals surface area contributed by atoms with Gasteiger partial charge in [-0.15, -0.1) is 0 Å². The van der Waals surface area contributed by atoms with Crippen LogP contribution in [0.4, 0.5) is 4.79 Å². The third kappa shape index (κ3) is 3.21. The summed E-state index contributed by atoms with van der Waals surface area (Å²) in [4.78, 5) is 23.2. The smallest absolute Gasteiger partial charge is 0.319 e. The van der Waals surface area contributed by atoms with Crippen LogP contribution < -0.4 is 0 Å². The van der Waals surface area contributed by atoms with Crippen LogP contribution in [0.25, 0.3) is 10.9 Å². The van der Waals surface area contributed by atoms with E-state index in [1.165, 1.54) is 23.8 Å². The Bertz CT molecular complexity index is 770. The van der Waals surface area contributed by atoms with Crippen molar-refractivity contribution in [3.05, 3.63) is 42.1 Å². The average Bonchev–Trinajstić information content (AvgIpc) is 2.93. The minimum Gasteiger partial charge on any atom is -0.331 e. The summed E-state index contributed by atoms with van der Waals surface area (Å²) in [5, 5.41) is 1.24. The van der Waals surface area contributed by atoms with Crippen LogP contribution in [0.3, 0.4) is 0 Å². The van der Waals surface area contributed by atoms with Gasteiger partial charge in [0, 0.05) is 57.9 Å². The molecule has 2 atom stereocenters. The van der Waals surface area contributed by atoms with Gasteiger partial charge in [-0.05, 0) is 36.5 Å². The van der Waals surface area contributed by atoms with E-state index in [2.05, 4.69) is 34.1 Å². The molecule has 3 saturated heterocycles.